The highest BCUT2D eigenvalue weighted by Gasteiger charge is 2.34. The number of nitriles is 1. The predicted octanol–water partition coefficient (Wildman–Crippen LogP) is 1.84. The minimum Gasteiger partial charge on any atom is -0.361 e. The number of hydrogen-bond donors (Lipinski definition) is 0. The highest BCUT2D eigenvalue weighted by Crippen LogP contribution is 2.34. The van der Waals surface area contributed by atoms with Crippen molar-refractivity contribution >= 4 is 17.8 Å². The van der Waals surface area contributed by atoms with Gasteiger partial charge in [0.05, 0.1) is 17.2 Å². The molecule has 0 heterocycles. The number of carbonyl (C=O) groups is 1. The summed E-state index contributed by atoms with van der Waals surface area (Å²) in [5, 5.41) is 8.62. The van der Waals surface area contributed by atoms with Crippen molar-refractivity contribution in [3.8, 4) is 6.07 Å². The zero-order valence-electron chi connectivity index (χ0n) is 9.64. The Kier molecular flexibility index (Phi) is 4.04. The molecule has 1 rings (SSSR count). The molecule has 0 saturated heterocycles. The number of carbonyl (C=O) groups excluding carboxylic acids is 1. The Balaban J connectivity index is 3.31. The number of nitrogens with zero attached hydrogens (tertiary/aromatic N) is 4. The van der Waals surface area contributed by atoms with Gasteiger partial charge in [0.1, 0.15) is 0 Å². The fourth-order valence-electron chi connectivity index (χ4n) is 1.34. The Labute approximate surface area is 106 Å². The monoisotopic (exact) mass is 268 g/mol. The standard InChI is InChI=1S/C11H7F3N4O/c1-18(10(19)6-17-16)8-3-2-7(5-15)9(4-8)11(12,13)14/h2-4,6H,1H3. The van der Waals surface area contributed by atoms with Gasteiger partial charge in [-0.1, -0.05) is 0 Å². The van der Waals surface area contributed by atoms with Gasteiger partial charge in [-0.15, -0.1) is 0 Å². The lowest BCUT2D eigenvalue weighted by atomic mass is 10.1. The Morgan fingerprint density at radius 1 is 1.53 bits per heavy atom. The molecule has 0 aliphatic heterocycles. The summed E-state index contributed by atoms with van der Waals surface area (Å²) in [5.74, 6) is -0.805. The van der Waals surface area contributed by atoms with Crippen LogP contribution in [0.2, 0.25) is 0 Å². The topological polar surface area (TPSA) is 80.5 Å². The molecular formula is C11H7F3N4O. The van der Waals surface area contributed by atoms with Crippen molar-refractivity contribution in [1.82, 2.24) is 0 Å². The second kappa shape index (κ2) is 5.33. The molecule has 1 aromatic carbocycles. The van der Waals surface area contributed by atoms with Crippen LogP contribution in [0.15, 0.2) is 18.2 Å². The SMILES string of the molecule is CN(C(=O)C=[N+]=[N-])c1ccc(C#N)c(C(F)(F)F)c1. The summed E-state index contributed by atoms with van der Waals surface area (Å²) < 4.78 is 38.1. The van der Waals surface area contributed by atoms with Crippen LogP contribution >= 0.6 is 0 Å². The van der Waals surface area contributed by atoms with Crippen LogP contribution in [0.1, 0.15) is 11.1 Å². The van der Waals surface area contributed by atoms with Crippen molar-refractivity contribution in [3.05, 3.63) is 34.9 Å². The van der Waals surface area contributed by atoms with E-state index >= 15 is 0 Å². The van der Waals surface area contributed by atoms with Gasteiger partial charge in [-0.25, -0.2) is 0 Å². The van der Waals surface area contributed by atoms with Crippen LogP contribution in [-0.2, 0) is 11.0 Å². The first kappa shape index (κ1) is 14.4. The zero-order chi connectivity index (χ0) is 14.6. The fourth-order valence-corrected chi connectivity index (χ4v) is 1.34. The third-order valence-corrected chi connectivity index (χ3v) is 2.32. The third-order valence-electron chi connectivity index (χ3n) is 2.32. The zero-order valence-corrected chi connectivity index (χ0v) is 9.64. The first-order valence-corrected chi connectivity index (χ1v) is 4.87. The van der Waals surface area contributed by atoms with Crippen LogP contribution in [0.5, 0.6) is 0 Å². The molecule has 0 atom stereocenters. The molecule has 0 unspecified atom stereocenters. The van der Waals surface area contributed by atoms with Crippen molar-refractivity contribution in [3.63, 3.8) is 0 Å². The maximum Gasteiger partial charge on any atom is 0.417 e. The molecule has 0 saturated carbocycles. The molecular weight excluding hydrogens is 261 g/mol. The number of halogens is 3. The van der Waals surface area contributed by atoms with Gasteiger partial charge < -0.3 is 10.4 Å². The van der Waals surface area contributed by atoms with Crippen molar-refractivity contribution in [1.29, 1.82) is 5.26 Å². The lowest BCUT2D eigenvalue weighted by molar-refractivity contribution is -0.137. The van der Waals surface area contributed by atoms with E-state index in [1.807, 2.05) is 0 Å². The second-order valence-electron chi connectivity index (χ2n) is 3.48. The summed E-state index contributed by atoms with van der Waals surface area (Å²) in [6.07, 6.45) is -4.15. The molecule has 0 aliphatic carbocycles. The fraction of sp³-hybridized carbons (Fsp3) is 0.182. The van der Waals surface area contributed by atoms with Gasteiger partial charge in [-0.2, -0.15) is 23.2 Å². The van der Waals surface area contributed by atoms with Gasteiger partial charge in [-0.3, -0.25) is 4.79 Å². The summed E-state index contributed by atoms with van der Waals surface area (Å²) in [5.41, 5.74) is 6.46. The summed E-state index contributed by atoms with van der Waals surface area (Å²) in [7, 11) is 1.21. The second-order valence-corrected chi connectivity index (χ2v) is 3.48. The Morgan fingerprint density at radius 2 is 2.16 bits per heavy atom. The molecule has 5 nitrogen and oxygen atoms in total. The quantitative estimate of drug-likeness (QED) is 0.466. The van der Waals surface area contributed by atoms with Crippen LogP contribution < -0.4 is 4.90 Å². The van der Waals surface area contributed by atoms with Crippen molar-refractivity contribution in [2.75, 3.05) is 11.9 Å². The van der Waals surface area contributed by atoms with Gasteiger partial charge in [0, 0.05) is 12.7 Å². The maximum absolute atomic E-state index is 12.7. The molecule has 0 fully saturated rings. The largest absolute Gasteiger partial charge is 0.417 e. The van der Waals surface area contributed by atoms with Gasteiger partial charge in [0.2, 0.25) is 0 Å². The third kappa shape index (κ3) is 3.18. The molecule has 0 bridgehead atoms. The van der Waals surface area contributed by atoms with Crippen molar-refractivity contribution < 1.29 is 22.8 Å². The predicted molar refractivity (Wildman–Crippen MR) is 59.3 cm³/mol. The average Bonchev–Trinajstić information content (AvgIpc) is 2.36. The number of rotatable bonds is 2. The lowest BCUT2D eigenvalue weighted by Gasteiger charge is -2.16. The normalized spacial score (nSPS) is 10.3. The van der Waals surface area contributed by atoms with Gasteiger partial charge in [-0.05, 0) is 18.2 Å². The van der Waals surface area contributed by atoms with E-state index in [0.29, 0.717) is 12.3 Å². The minimum absolute atomic E-state index is 0.0729. The molecule has 8 heteroatoms. The number of benzene rings is 1. The van der Waals surface area contributed by atoms with E-state index in [4.69, 9.17) is 10.8 Å². The van der Waals surface area contributed by atoms with Crippen molar-refractivity contribution in [2.45, 2.75) is 6.18 Å². The molecule has 1 aromatic rings. The smallest absolute Gasteiger partial charge is 0.361 e. The Morgan fingerprint density at radius 3 is 2.63 bits per heavy atom. The van der Waals surface area contributed by atoms with E-state index < -0.39 is 23.2 Å². The van der Waals surface area contributed by atoms with Gasteiger partial charge in [0.25, 0.3) is 0 Å². The molecule has 1 amide bonds. The summed E-state index contributed by atoms with van der Waals surface area (Å²) in [6, 6.07) is 4.28. The van der Waals surface area contributed by atoms with E-state index in [0.717, 1.165) is 11.0 Å². The van der Waals surface area contributed by atoms with Crippen LogP contribution in [0.25, 0.3) is 5.53 Å². The number of anilines is 1. The average molecular weight is 268 g/mol. The van der Waals surface area contributed by atoms with E-state index in [2.05, 4.69) is 4.79 Å². The maximum atomic E-state index is 12.7. The van der Waals surface area contributed by atoms with Gasteiger partial charge in [0.15, 0.2) is 0 Å². The molecule has 19 heavy (non-hydrogen) atoms. The summed E-state index contributed by atoms with van der Waals surface area (Å²) >= 11 is 0. The Bertz CT molecular complexity index is 597. The Hall–Kier alpha value is -2.65. The molecule has 0 spiro atoms. The summed E-state index contributed by atoms with van der Waals surface area (Å²) in [6.45, 7) is 0. The van der Waals surface area contributed by atoms with Crippen LogP contribution in [-0.4, -0.2) is 24.0 Å². The lowest BCUT2D eigenvalue weighted by Crippen LogP contribution is -2.27. The highest BCUT2D eigenvalue weighted by atomic mass is 19.4. The first-order chi connectivity index (χ1) is 8.81. The molecule has 0 N–H and O–H groups in total. The molecule has 0 aromatic heterocycles. The molecule has 0 radical (unpaired) electrons. The van der Waals surface area contributed by atoms with E-state index in [-0.39, 0.29) is 5.69 Å². The van der Waals surface area contributed by atoms with Crippen molar-refractivity contribution in [2.24, 2.45) is 0 Å². The van der Waals surface area contributed by atoms with Crippen LogP contribution in [0, 0.1) is 11.3 Å². The molecule has 0 aliphatic rings. The van der Waals surface area contributed by atoms with Gasteiger partial charge >= 0.3 is 18.3 Å². The first-order valence-electron chi connectivity index (χ1n) is 4.87. The van der Waals surface area contributed by atoms with E-state index in [9.17, 15) is 18.0 Å². The number of hydrogen-bond acceptors (Lipinski definition) is 2. The van der Waals surface area contributed by atoms with Crippen LogP contribution in [0.4, 0.5) is 18.9 Å². The van der Waals surface area contributed by atoms with Crippen LogP contribution in [0.3, 0.4) is 0 Å². The summed E-state index contributed by atoms with van der Waals surface area (Å²) in [4.78, 5) is 14.7. The number of alkyl halides is 3. The number of amides is 1. The van der Waals surface area contributed by atoms with E-state index in [1.165, 1.54) is 19.2 Å². The minimum atomic E-state index is -4.70. The molecule has 98 valence electrons. The highest BCUT2D eigenvalue weighted by molar-refractivity contribution is 6.30. The van der Waals surface area contributed by atoms with E-state index in [1.54, 1.807) is 0 Å².